The van der Waals surface area contributed by atoms with E-state index in [1.807, 2.05) is 37.3 Å². The van der Waals surface area contributed by atoms with E-state index >= 15 is 0 Å². The van der Waals surface area contributed by atoms with E-state index in [1.54, 1.807) is 17.8 Å². The van der Waals surface area contributed by atoms with Crippen molar-refractivity contribution >= 4 is 28.2 Å². The summed E-state index contributed by atoms with van der Waals surface area (Å²) in [5.41, 5.74) is 0.912. The summed E-state index contributed by atoms with van der Waals surface area (Å²) in [6, 6.07) is 9.72. The van der Waals surface area contributed by atoms with Gasteiger partial charge in [-0.25, -0.2) is 0 Å². The van der Waals surface area contributed by atoms with Gasteiger partial charge in [-0.2, -0.15) is 0 Å². The van der Waals surface area contributed by atoms with Gasteiger partial charge in [-0.05, 0) is 19.1 Å². The van der Waals surface area contributed by atoms with Crippen LogP contribution >= 0.6 is 23.1 Å². The van der Waals surface area contributed by atoms with Crippen LogP contribution in [0.1, 0.15) is 18.1 Å². The fourth-order valence-electron chi connectivity index (χ4n) is 1.79. The SMILES string of the molecule is C=CCNc1nnc(S[C@H](C)c2nnc(-c3ccccc3)o2)s1. The van der Waals surface area contributed by atoms with Crippen molar-refractivity contribution < 1.29 is 4.42 Å². The van der Waals surface area contributed by atoms with Crippen LogP contribution in [0.5, 0.6) is 0 Å². The summed E-state index contributed by atoms with van der Waals surface area (Å²) < 4.78 is 6.61. The summed E-state index contributed by atoms with van der Waals surface area (Å²) in [5.74, 6) is 1.10. The van der Waals surface area contributed by atoms with Crippen LogP contribution < -0.4 is 5.32 Å². The van der Waals surface area contributed by atoms with Crippen molar-refractivity contribution in [3.05, 3.63) is 48.9 Å². The maximum atomic E-state index is 5.76. The van der Waals surface area contributed by atoms with Crippen LogP contribution in [0.3, 0.4) is 0 Å². The van der Waals surface area contributed by atoms with Crippen molar-refractivity contribution in [2.24, 2.45) is 0 Å². The zero-order chi connectivity index (χ0) is 16.1. The van der Waals surface area contributed by atoms with E-state index in [0.717, 1.165) is 15.0 Å². The molecule has 0 unspecified atom stereocenters. The fraction of sp³-hybridized carbons (Fsp3) is 0.200. The molecule has 0 radical (unpaired) electrons. The number of nitrogens with one attached hydrogen (secondary N) is 1. The third kappa shape index (κ3) is 3.96. The van der Waals surface area contributed by atoms with Gasteiger partial charge in [0.25, 0.3) is 0 Å². The number of thioether (sulfide) groups is 1. The van der Waals surface area contributed by atoms with E-state index in [-0.39, 0.29) is 5.25 Å². The van der Waals surface area contributed by atoms with Gasteiger partial charge in [-0.1, -0.05) is 47.4 Å². The molecule has 0 saturated carbocycles. The highest BCUT2D eigenvalue weighted by molar-refractivity contribution is 8.01. The highest BCUT2D eigenvalue weighted by Crippen LogP contribution is 2.37. The summed E-state index contributed by atoms with van der Waals surface area (Å²) in [6.07, 6.45) is 1.78. The maximum absolute atomic E-state index is 5.76. The zero-order valence-electron chi connectivity index (χ0n) is 12.5. The molecule has 0 amide bonds. The lowest BCUT2D eigenvalue weighted by atomic mass is 10.2. The summed E-state index contributed by atoms with van der Waals surface area (Å²) in [5, 5.41) is 20.4. The molecule has 0 bridgehead atoms. The monoisotopic (exact) mass is 345 g/mol. The molecule has 0 aliphatic heterocycles. The number of benzene rings is 1. The Kier molecular flexibility index (Phi) is 5.04. The predicted octanol–water partition coefficient (Wildman–Crippen LogP) is 4.04. The summed E-state index contributed by atoms with van der Waals surface area (Å²) in [4.78, 5) is 0. The zero-order valence-corrected chi connectivity index (χ0v) is 14.1. The molecule has 0 spiro atoms. The molecule has 6 nitrogen and oxygen atoms in total. The van der Waals surface area contributed by atoms with Gasteiger partial charge >= 0.3 is 0 Å². The van der Waals surface area contributed by atoms with E-state index < -0.39 is 0 Å². The Morgan fingerprint density at radius 2 is 2.09 bits per heavy atom. The number of hydrogen-bond donors (Lipinski definition) is 1. The minimum absolute atomic E-state index is 0.000154. The quantitative estimate of drug-likeness (QED) is 0.511. The first-order chi connectivity index (χ1) is 11.3. The maximum Gasteiger partial charge on any atom is 0.247 e. The molecule has 3 rings (SSSR count). The number of rotatable bonds is 7. The summed E-state index contributed by atoms with van der Waals surface area (Å²) in [6.45, 7) is 6.33. The van der Waals surface area contributed by atoms with Crippen molar-refractivity contribution in [2.45, 2.75) is 16.5 Å². The molecule has 2 aromatic heterocycles. The minimum atomic E-state index is 0.000154. The molecule has 1 atom stereocenters. The van der Waals surface area contributed by atoms with E-state index in [2.05, 4.69) is 32.3 Å². The van der Waals surface area contributed by atoms with Crippen LogP contribution in [0.15, 0.2) is 51.7 Å². The Labute approximate surface area is 142 Å². The first kappa shape index (κ1) is 15.7. The van der Waals surface area contributed by atoms with Crippen molar-refractivity contribution in [1.29, 1.82) is 0 Å². The van der Waals surface area contributed by atoms with Gasteiger partial charge in [0.1, 0.15) is 0 Å². The van der Waals surface area contributed by atoms with Gasteiger partial charge < -0.3 is 9.73 Å². The van der Waals surface area contributed by atoms with Crippen LogP contribution in [0, 0.1) is 0 Å². The molecule has 0 aliphatic carbocycles. The van der Waals surface area contributed by atoms with E-state index in [1.165, 1.54) is 11.3 Å². The third-order valence-electron chi connectivity index (χ3n) is 2.89. The molecule has 3 aromatic rings. The number of aromatic nitrogens is 4. The van der Waals surface area contributed by atoms with Crippen molar-refractivity contribution in [3.63, 3.8) is 0 Å². The lowest BCUT2D eigenvalue weighted by Gasteiger charge is -2.02. The molecule has 118 valence electrons. The van der Waals surface area contributed by atoms with E-state index in [0.29, 0.717) is 18.3 Å². The molecular weight excluding hydrogens is 330 g/mol. The average Bonchev–Trinajstić information content (AvgIpc) is 3.23. The number of anilines is 1. The third-order valence-corrected chi connectivity index (χ3v) is 4.94. The number of hydrogen-bond acceptors (Lipinski definition) is 8. The Morgan fingerprint density at radius 3 is 2.87 bits per heavy atom. The van der Waals surface area contributed by atoms with Crippen molar-refractivity contribution in [1.82, 2.24) is 20.4 Å². The molecule has 0 aliphatic rings. The topological polar surface area (TPSA) is 76.7 Å². The van der Waals surface area contributed by atoms with Crippen LogP contribution in [0.25, 0.3) is 11.5 Å². The Balaban J connectivity index is 1.66. The minimum Gasteiger partial charge on any atom is -0.419 e. The second-order valence-corrected chi connectivity index (χ2v) is 7.18. The highest BCUT2D eigenvalue weighted by atomic mass is 32.2. The molecular formula is C15H15N5OS2. The van der Waals surface area contributed by atoms with Crippen molar-refractivity contribution in [3.8, 4) is 11.5 Å². The Hall–Kier alpha value is -2.19. The van der Waals surface area contributed by atoms with Gasteiger partial charge in [0.05, 0.1) is 5.25 Å². The summed E-state index contributed by atoms with van der Waals surface area (Å²) >= 11 is 3.03. The Morgan fingerprint density at radius 1 is 1.26 bits per heavy atom. The van der Waals surface area contributed by atoms with Crippen molar-refractivity contribution in [2.75, 3.05) is 11.9 Å². The molecule has 23 heavy (non-hydrogen) atoms. The van der Waals surface area contributed by atoms with Gasteiger partial charge in [-0.3, -0.25) is 0 Å². The lowest BCUT2D eigenvalue weighted by molar-refractivity contribution is 0.509. The molecule has 1 N–H and O–H groups in total. The lowest BCUT2D eigenvalue weighted by Crippen LogP contribution is -1.96. The summed E-state index contributed by atoms with van der Waals surface area (Å²) in [7, 11) is 0. The van der Waals surface area contributed by atoms with Crippen LogP contribution in [-0.4, -0.2) is 26.9 Å². The van der Waals surface area contributed by atoms with Gasteiger partial charge in [0.15, 0.2) is 4.34 Å². The van der Waals surface area contributed by atoms with Crippen LogP contribution in [0.2, 0.25) is 0 Å². The normalized spacial score (nSPS) is 12.0. The molecule has 8 heteroatoms. The second-order valence-electron chi connectivity index (χ2n) is 4.61. The predicted molar refractivity (Wildman–Crippen MR) is 92.6 cm³/mol. The van der Waals surface area contributed by atoms with E-state index in [4.69, 9.17) is 4.42 Å². The molecule has 1 aromatic carbocycles. The van der Waals surface area contributed by atoms with E-state index in [9.17, 15) is 0 Å². The fourth-order valence-corrected chi connectivity index (χ4v) is 3.72. The van der Waals surface area contributed by atoms with Gasteiger partial charge in [-0.15, -0.1) is 27.0 Å². The standard InChI is InChI=1S/C15H15N5OS2/c1-3-9-16-14-19-20-15(23-14)22-10(2)12-17-18-13(21-12)11-7-5-4-6-8-11/h3-8,10H,1,9H2,2H3,(H,16,19)/t10-/m1/s1. The first-order valence-electron chi connectivity index (χ1n) is 7.00. The molecule has 0 saturated heterocycles. The highest BCUT2D eigenvalue weighted by Gasteiger charge is 2.18. The smallest absolute Gasteiger partial charge is 0.247 e. The van der Waals surface area contributed by atoms with Crippen LogP contribution in [-0.2, 0) is 0 Å². The van der Waals surface area contributed by atoms with Gasteiger partial charge in [0.2, 0.25) is 16.9 Å². The van der Waals surface area contributed by atoms with Crippen LogP contribution in [0.4, 0.5) is 5.13 Å². The largest absolute Gasteiger partial charge is 0.419 e. The van der Waals surface area contributed by atoms with Gasteiger partial charge in [0, 0.05) is 12.1 Å². The molecule has 0 fully saturated rings. The molecule has 2 heterocycles. The number of nitrogens with zero attached hydrogens (tertiary/aromatic N) is 4. The second kappa shape index (κ2) is 7.38. The Bertz CT molecular complexity index is 771. The first-order valence-corrected chi connectivity index (χ1v) is 8.69. The average molecular weight is 345 g/mol.